The molecule has 3 aromatic rings. The third kappa shape index (κ3) is 3.23. The molecule has 1 aliphatic rings. The molecule has 25 heavy (non-hydrogen) atoms. The van der Waals surface area contributed by atoms with Crippen molar-refractivity contribution in [3.63, 3.8) is 0 Å². The Morgan fingerprint density at radius 2 is 2.04 bits per heavy atom. The summed E-state index contributed by atoms with van der Waals surface area (Å²) in [5.41, 5.74) is 5.62. The van der Waals surface area contributed by atoms with Crippen LogP contribution in [0.15, 0.2) is 36.7 Å². The summed E-state index contributed by atoms with van der Waals surface area (Å²) in [6.07, 6.45) is 8.85. The Balaban J connectivity index is 1.40. The van der Waals surface area contributed by atoms with Crippen molar-refractivity contribution < 1.29 is 0 Å². The van der Waals surface area contributed by atoms with E-state index >= 15 is 0 Å². The van der Waals surface area contributed by atoms with Crippen molar-refractivity contribution in [2.24, 2.45) is 7.05 Å². The Hall–Kier alpha value is -2.07. The maximum atomic E-state index is 4.26. The SMILES string of the molecule is CCc1cccc2c(C3CCN(CCc4ccnn4C)CC3)c[nH]c12. The molecule has 1 aromatic carbocycles. The van der Waals surface area contributed by atoms with Crippen molar-refractivity contribution in [3.8, 4) is 0 Å². The van der Waals surface area contributed by atoms with Crippen molar-refractivity contribution >= 4 is 10.9 Å². The Labute approximate surface area is 149 Å². The summed E-state index contributed by atoms with van der Waals surface area (Å²) in [7, 11) is 2.03. The Kier molecular flexibility index (Phi) is 4.62. The molecule has 0 spiro atoms. The Morgan fingerprint density at radius 3 is 2.76 bits per heavy atom. The monoisotopic (exact) mass is 336 g/mol. The van der Waals surface area contributed by atoms with E-state index in [1.54, 1.807) is 0 Å². The van der Waals surface area contributed by atoms with E-state index in [2.05, 4.69) is 52.4 Å². The number of likely N-dealkylation sites (tertiary alicyclic amines) is 1. The zero-order valence-electron chi connectivity index (χ0n) is 15.3. The number of aromatic nitrogens is 3. The van der Waals surface area contributed by atoms with Gasteiger partial charge in [0.2, 0.25) is 0 Å². The highest BCUT2D eigenvalue weighted by Gasteiger charge is 2.23. The van der Waals surface area contributed by atoms with Gasteiger partial charge in [-0.3, -0.25) is 4.68 Å². The molecule has 4 heteroatoms. The van der Waals surface area contributed by atoms with Crippen LogP contribution in [0.5, 0.6) is 0 Å². The molecular weight excluding hydrogens is 308 g/mol. The Bertz CT molecular complexity index is 837. The van der Waals surface area contributed by atoms with Crippen LogP contribution in [0, 0.1) is 0 Å². The minimum absolute atomic E-state index is 0.689. The number of nitrogens with one attached hydrogen (secondary N) is 1. The average molecular weight is 336 g/mol. The first-order valence-electron chi connectivity index (χ1n) is 9.54. The smallest absolute Gasteiger partial charge is 0.0492 e. The zero-order valence-corrected chi connectivity index (χ0v) is 15.3. The van der Waals surface area contributed by atoms with E-state index in [0.29, 0.717) is 5.92 Å². The summed E-state index contributed by atoms with van der Waals surface area (Å²) < 4.78 is 1.99. The van der Waals surface area contributed by atoms with Crippen LogP contribution in [0.1, 0.15) is 42.5 Å². The van der Waals surface area contributed by atoms with Crippen LogP contribution < -0.4 is 0 Å². The number of rotatable bonds is 5. The van der Waals surface area contributed by atoms with Crippen LogP contribution in [0.4, 0.5) is 0 Å². The number of fused-ring (bicyclic) bond motifs is 1. The van der Waals surface area contributed by atoms with Crippen molar-refractivity contribution in [2.45, 2.75) is 38.5 Å². The van der Waals surface area contributed by atoms with E-state index in [1.165, 1.54) is 53.7 Å². The average Bonchev–Trinajstić information content (AvgIpc) is 3.26. The van der Waals surface area contributed by atoms with Gasteiger partial charge >= 0.3 is 0 Å². The highest BCUT2D eigenvalue weighted by Crippen LogP contribution is 2.34. The van der Waals surface area contributed by atoms with Gasteiger partial charge in [0.15, 0.2) is 0 Å². The van der Waals surface area contributed by atoms with Crippen molar-refractivity contribution in [2.75, 3.05) is 19.6 Å². The van der Waals surface area contributed by atoms with Gasteiger partial charge < -0.3 is 9.88 Å². The molecule has 1 fully saturated rings. The molecule has 0 unspecified atom stereocenters. The van der Waals surface area contributed by atoms with Crippen molar-refractivity contribution in [3.05, 3.63) is 53.5 Å². The second kappa shape index (κ2) is 7.04. The number of aryl methyl sites for hydroxylation is 2. The normalized spacial score (nSPS) is 16.7. The van der Waals surface area contributed by atoms with Crippen LogP contribution >= 0.6 is 0 Å². The molecule has 4 rings (SSSR count). The van der Waals surface area contributed by atoms with Crippen LogP contribution in [0.2, 0.25) is 0 Å². The predicted octanol–water partition coefficient (Wildman–Crippen LogP) is 3.89. The molecule has 4 nitrogen and oxygen atoms in total. The maximum absolute atomic E-state index is 4.26. The maximum Gasteiger partial charge on any atom is 0.0492 e. The minimum Gasteiger partial charge on any atom is -0.361 e. The molecule has 2 aromatic heterocycles. The number of H-pyrrole nitrogens is 1. The van der Waals surface area contributed by atoms with Gasteiger partial charge in [0.1, 0.15) is 0 Å². The van der Waals surface area contributed by atoms with Gasteiger partial charge in [-0.15, -0.1) is 0 Å². The lowest BCUT2D eigenvalue weighted by atomic mass is 9.88. The van der Waals surface area contributed by atoms with Gasteiger partial charge in [0.25, 0.3) is 0 Å². The van der Waals surface area contributed by atoms with E-state index in [0.717, 1.165) is 19.4 Å². The summed E-state index contributed by atoms with van der Waals surface area (Å²) in [6, 6.07) is 8.87. The molecule has 0 amide bonds. The van der Waals surface area contributed by atoms with E-state index in [9.17, 15) is 0 Å². The van der Waals surface area contributed by atoms with E-state index in [4.69, 9.17) is 0 Å². The quantitative estimate of drug-likeness (QED) is 0.767. The first-order valence-corrected chi connectivity index (χ1v) is 9.54. The lowest BCUT2D eigenvalue weighted by molar-refractivity contribution is 0.214. The summed E-state index contributed by atoms with van der Waals surface area (Å²) in [4.78, 5) is 6.15. The van der Waals surface area contributed by atoms with Crippen molar-refractivity contribution in [1.29, 1.82) is 0 Å². The van der Waals surface area contributed by atoms with Crippen LogP contribution in [0.3, 0.4) is 0 Å². The summed E-state index contributed by atoms with van der Waals surface area (Å²) in [6.45, 7) is 5.77. The summed E-state index contributed by atoms with van der Waals surface area (Å²) >= 11 is 0. The molecule has 0 saturated carbocycles. The fourth-order valence-corrected chi connectivity index (χ4v) is 4.26. The molecule has 0 atom stereocenters. The fourth-order valence-electron chi connectivity index (χ4n) is 4.26. The number of para-hydroxylation sites is 1. The molecule has 1 aliphatic heterocycles. The highest BCUT2D eigenvalue weighted by molar-refractivity contribution is 5.86. The first kappa shape index (κ1) is 16.4. The second-order valence-corrected chi connectivity index (χ2v) is 7.25. The number of benzene rings is 1. The van der Waals surface area contributed by atoms with Gasteiger partial charge in [-0.1, -0.05) is 25.1 Å². The largest absolute Gasteiger partial charge is 0.361 e. The number of piperidine rings is 1. The molecule has 0 aliphatic carbocycles. The van der Waals surface area contributed by atoms with E-state index in [-0.39, 0.29) is 0 Å². The lowest BCUT2D eigenvalue weighted by Gasteiger charge is -2.32. The Morgan fingerprint density at radius 1 is 1.20 bits per heavy atom. The van der Waals surface area contributed by atoms with Crippen LogP contribution in [-0.2, 0) is 19.9 Å². The van der Waals surface area contributed by atoms with Gasteiger partial charge in [-0.2, -0.15) is 5.10 Å². The lowest BCUT2D eigenvalue weighted by Crippen LogP contribution is -2.34. The predicted molar refractivity (Wildman–Crippen MR) is 103 cm³/mol. The number of hydrogen-bond donors (Lipinski definition) is 1. The number of nitrogens with zero attached hydrogens (tertiary/aromatic N) is 3. The van der Waals surface area contributed by atoms with Crippen molar-refractivity contribution in [1.82, 2.24) is 19.7 Å². The molecule has 0 bridgehead atoms. The molecule has 3 heterocycles. The topological polar surface area (TPSA) is 36.9 Å². The minimum atomic E-state index is 0.689. The second-order valence-electron chi connectivity index (χ2n) is 7.25. The number of aromatic amines is 1. The molecular formula is C21H28N4. The standard InChI is InChI=1S/C21H28N4/c1-3-16-5-4-6-19-20(15-22-21(16)19)17-8-12-25(13-9-17)14-10-18-7-11-23-24(18)2/h4-7,11,15,17,22H,3,8-10,12-14H2,1-2H3. The zero-order chi connectivity index (χ0) is 17.2. The highest BCUT2D eigenvalue weighted by atomic mass is 15.3. The van der Waals surface area contributed by atoms with Crippen LogP contribution in [-0.4, -0.2) is 39.3 Å². The van der Waals surface area contributed by atoms with E-state index < -0.39 is 0 Å². The third-order valence-electron chi connectivity index (χ3n) is 5.85. The van der Waals surface area contributed by atoms with Gasteiger partial charge in [-0.05, 0) is 55.5 Å². The molecule has 132 valence electrons. The first-order chi connectivity index (χ1) is 12.3. The summed E-state index contributed by atoms with van der Waals surface area (Å²) in [5, 5.41) is 5.70. The summed E-state index contributed by atoms with van der Waals surface area (Å²) in [5.74, 6) is 0.689. The van der Waals surface area contributed by atoms with Gasteiger partial charge in [0, 0.05) is 49.0 Å². The fraction of sp³-hybridized carbons (Fsp3) is 0.476. The molecule has 0 radical (unpaired) electrons. The van der Waals surface area contributed by atoms with Gasteiger partial charge in [0.05, 0.1) is 0 Å². The van der Waals surface area contributed by atoms with Gasteiger partial charge in [-0.25, -0.2) is 0 Å². The van der Waals surface area contributed by atoms with E-state index in [1.807, 2.05) is 17.9 Å². The van der Waals surface area contributed by atoms with Crippen LogP contribution in [0.25, 0.3) is 10.9 Å². The molecule has 1 saturated heterocycles. The molecule has 1 N–H and O–H groups in total. The number of hydrogen-bond acceptors (Lipinski definition) is 2. The third-order valence-corrected chi connectivity index (χ3v) is 5.85.